The predicted molar refractivity (Wildman–Crippen MR) is 124 cm³/mol. The lowest BCUT2D eigenvalue weighted by Gasteiger charge is -2.12. The zero-order chi connectivity index (χ0) is 21.8. The van der Waals surface area contributed by atoms with Crippen molar-refractivity contribution in [3.05, 3.63) is 64.0 Å². The number of anilines is 1. The molecule has 0 fully saturated rings. The van der Waals surface area contributed by atoms with Crippen LogP contribution in [0.15, 0.2) is 47.5 Å². The number of carbonyl (C=O) groups is 1. The van der Waals surface area contributed by atoms with Crippen molar-refractivity contribution < 1.29 is 19.0 Å². The van der Waals surface area contributed by atoms with Gasteiger partial charge in [0.25, 0.3) is 5.91 Å². The Bertz CT molecular complexity index is 1140. The van der Waals surface area contributed by atoms with E-state index in [1.165, 1.54) is 4.88 Å². The molecule has 0 saturated carbocycles. The number of methoxy groups -OCH3 is 3. The van der Waals surface area contributed by atoms with Crippen LogP contribution in [0.5, 0.6) is 17.2 Å². The summed E-state index contributed by atoms with van der Waals surface area (Å²) < 4.78 is 15.9. The number of carbonyl (C=O) groups excluding carboxylic acids is 1. The van der Waals surface area contributed by atoms with E-state index in [0.29, 0.717) is 22.7 Å². The van der Waals surface area contributed by atoms with Crippen molar-refractivity contribution in [1.29, 1.82) is 0 Å². The molecule has 1 aliphatic rings. The minimum atomic E-state index is -0.180. The van der Waals surface area contributed by atoms with Gasteiger partial charge in [0.15, 0.2) is 0 Å². The fourth-order valence-electron chi connectivity index (χ4n) is 3.66. The topological polar surface area (TPSA) is 69.2 Å². The zero-order valence-electron chi connectivity index (χ0n) is 17.7. The van der Waals surface area contributed by atoms with Crippen LogP contribution in [0.1, 0.15) is 32.8 Å². The molecule has 0 unspecified atom stereocenters. The van der Waals surface area contributed by atoms with Gasteiger partial charge in [0.2, 0.25) is 0 Å². The quantitative estimate of drug-likeness (QED) is 0.513. The van der Waals surface area contributed by atoms with E-state index in [-0.39, 0.29) is 5.91 Å². The third kappa shape index (κ3) is 4.41. The first kappa shape index (κ1) is 20.9. The maximum Gasteiger partial charge on any atom is 0.259 e. The maximum atomic E-state index is 13.3. The molecule has 0 bridgehead atoms. The second kappa shape index (κ2) is 9.22. The number of aliphatic imine (C=N–C) groups is 1. The van der Waals surface area contributed by atoms with Gasteiger partial charge >= 0.3 is 0 Å². The summed E-state index contributed by atoms with van der Waals surface area (Å²) in [6.45, 7) is 0. The smallest absolute Gasteiger partial charge is 0.259 e. The molecule has 160 valence electrons. The van der Waals surface area contributed by atoms with Gasteiger partial charge in [-0.15, -0.1) is 11.3 Å². The fourth-order valence-corrected chi connectivity index (χ4v) is 4.89. The number of aryl methyl sites for hydroxylation is 1. The van der Waals surface area contributed by atoms with Gasteiger partial charge in [-0.05, 0) is 54.7 Å². The lowest BCUT2D eigenvalue weighted by Crippen LogP contribution is -2.14. The van der Waals surface area contributed by atoms with Crippen LogP contribution in [-0.2, 0) is 12.8 Å². The largest absolute Gasteiger partial charge is 0.497 e. The van der Waals surface area contributed by atoms with Crippen molar-refractivity contribution in [2.45, 2.75) is 19.3 Å². The van der Waals surface area contributed by atoms with Gasteiger partial charge < -0.3 is 19.5 Å². The average Bonchev–Trinajstić information content (AvgIpc) is 3.39. The number of hydrogen-bond donors (Lipinski definition) is 1. The van der Waals surface area contributed by atoms with Gasteiger partial charge in [-0.3, -0.25) is 4.79 Å². The van der Waals surface area contributed by atoms with E-state index < -0.39 is 0 Å². The number of fused-ring (bicyclic) bond motifs is 1. The molecule has 7 heteroatoms. The molecule has 3 aromatic rings. The summed E-state index contributed by atoms with van der Waals surface area (Å²) in [4.78, 5) is 19.2. The molecule has 1 aliphatic carbocycles. The van der Waals surface area contributed by atoms with Gasteiger partial charge in [-0.1, -0.05) is 12.1 Å². The lowest BCUT2D eigenvalue weighted by atomic mass is 10.1. The lowest BCUT2D eigenvalue weighted by molar-refractivity contribution is 0.102. The number of hydrogen-bond acceptors (Lipinski definition) is 6. The van der Waals surface area contributed by atoms with E-state index in [0.717, 1.165) is 41.1 Å². The Morgan fingerprint density at radius 2 is 1.84 bits per heavy atom. The standard InChI is InChI=1S/C24H24N2O4S/c1-28-16-7-4-6-15(12-16)14-25-24-22(18-8-5-9-21(18)31-24)23(27)26-19-11-10-17(29-2)13-20(19)30-3/h4,6-7,10-14H,5,8-9H2,1-3H3,(H,26,27)/b25-14+. The Hall–Kier alpha value is -3.32. The number of benzene rings is 2. The summed E-state index contributed by atoms with van der Waals surface area (Å²) in [6, 6.07) is 13.0. The fraction of sp³-hybridized carbons (Fsp3) is 0.250. The summed E-state index contributed by atoms with van der Waals surface area (Å²) in [5.74, 6) is 1.79. The Morgan fingerprint density at radius 1 is 1.03 bits per heavy atom. The number of rotatable bonds is 7. The molecule has 0 spiro atoms. The van der Waals surface area contributed by atoms with Gasteiger partial charge in [-0.25, -0.2) is 4.99 Å². The molecule has 1 aromatic heterocycles. The van der Waals surface area contributed by atoms with Crippen LogP contribution in [-0.4, -0.2) is 33.5 Å². The molecule has 2 aromatic carbocycles. The molecule has 6 nitrogen and oxygen atoms in total. The average molecular weight is 437 g/mol. The van der Waals surface area contributed by atoms with Crippen LogP contribution in [0.3, 0.4) is 0 Å². The van der Waals surface area contributed by atoms with Crippen LogP contribution in [0.4, 0.5) is 10.7 Å². The second-order valence-corrected chi connectivity index (χ2v) is 8.18. The SMILES string of the molecule is COc1cccc(/C=N/c2sc3c(c2C(=O)Nc2ccc(OC)cc2OC)CCC3)c1. The number of thiophene rings is 1. The van der Waals surface area contributed by atoms with Gasteiger partial charge in [-0.2, -0.15) is 0 Å². The molecule has 0 aliphatic heterocycles. The van der Waals surface area contributed by atoms with Crippen LogP contribution in [0.2, 0.25) is 0 Å². The third-order valence-electron chi connectivity index (χ3n) is 5.21. The molecule has 0 saturated heterocycles. The monoisotopic (exact) mass is 436 g/mol. The van der Waals surface area contributed by atoms with E-state index in [1.807, 2.05) is 24.3 Å². The normalized spacial score (nSPS) is 12.6. The highest BCUT2D eigenvalue weighted by Crippen LogP contribution is 2.41. The minimum absolute atomic E-state index is 0.180. The predicted octanol–water partition coefficient (Wildman–Crippen LogP) is 5.27. The van der Waals surface area contributed by atoms with Crippen LogP contribution >= 0.6 is 11.3 Å². The molecule has 31 heavy (non-hydrogen) atoms. The van der Waals surface area contributed by atoms with Crippen molar-refractivity contribution in [2.24, 2.45) is 4.99 Å². The summed E-state index contributed by atoms with van der Waals surface area (Å²) in [5, 5.41) is 3.71. The van der Waals surface area contributed by atoms with E-state index in [2.05, 4.69) is 10.3 Å². The Morgan fingerprint density at radius 3 is 2.61 bits per heavy atom. The maximum absolute atomic E-state index is 13.3. The molecule has 1 N–H and O–H groups in total. The number of nitrogens with zero attached hydrogens (tertiary/aromatic N) is 1. The van der Waals surface area contributed by atoms with Gasteiger partial charge in [0, 0.05) is 17.2 Å². The molecule has 0 atom stereocenters. The first-order valence-electron chi connectivity index (χ1n) is 9.99. The van der Waals surface area contributed by atoms with Crippen molar-refractivity contribution in [3.8, 4) is 17.2 Å². The highest BCUT2D eigenvalue weighted by Gasteiger charge is 2.27. The highest BCUT2D eigenvalue weighted by atomic mass is 32.1. The summed E-state index contributed by atoms with van der Waals surface area (Å²) in [7, 11) is 4.79. The van der Waals surface area contributed by atoms with E-state index in [4.69, 9.17) is 14.2 Å². The first-order valence-corrected chi connectivity index (χ1v) is 10.8. The number of ether oxygens (including phenoxy) is 3. The van der Waals surface area contributed by atoms with Crippen molar-refractivity contribution in [1.82, 2.24) is 0 Å². The van der Waals surface area contributed by atoms with Gasteiger partial charge in [0.05, 0.1) is 32.6 Å². The van der Waals surface area contributed by atoms with Gasteiger partial charge in [0.1, 0.15) is 22.2 Å². The number of amides is 1. The summed E-state index contributed by atoms with van der Waals surface area (Å²) in [5.41, 5.74) is 3.26. The molecular formula is C24H24N2O4S. The highest BCUT2D eigenvalue weighted by molar-refractivity contribution is 7.16. The van der Waals surface area contributed by atoms with Crippen molar-refractivity contribution in [2.75, 3.05) is 26.6 Å². The van der Waals surface area contributed by atoms with Crippen molar-refractivity contribution >= 4 is 34.1 Å². The zero-order valence-corrected chi connectivity index (χ0v) is 18.5. The molecule has 1 heterocycles. The minimum Gasteiger partial charge on any atom is -0.497 e. The van der Waals surface area contributed by atoms with Crippen LogP contribution < -0.4 is 19.5 Å². The second-order valence-electron chi connectivity index (χ2n) is 7.09. The molecule has 4 rings (SSSR count). The Labute approximate surface area is 185 Å². The van der Waals surface area contributed by atoms with E-state index in [9.17, 15) is 4.79 Å². The molecule has 1 amide bonds. The third-order valence-corrected chi connectivity index (χ3v) is 6.41. The number of nitrogens with one attached hydrogen (secondary N) is 1. The molecular weight excluding hydrogens is 412 g/mol. The molecule has 0 radical (unpaired) electrons. The summed E-state index contributed by atoms with van der Waals surface area (Å²) >= 11 is 1.59. The van der Waals surface area contributed by atoms with Crippen molar-refractivity contribution in [3.63, 3.8) is 0 Å². The Balaban J connectivity index is 1.65. The van der Waals surface area contributed by atoms with Crippen LogP contribution in [0.25, 0.3) is 0 Å². The van der Waals surface area contributed by atoms with Crippen LogP contribution in [0, 0.1) is 0 Å². The van der Waals surface area contributed by atoms with E-state index >= 15 is 0 Å². The Kier molecular flexibility index (Phi) is 6.23. The first-order chi connectivity index (χ1) is 15.1. The van der Waals surface area contributed by atoms with E-state index in [1.54, 1.807) is 57.1 Å². The summed E-state index contributed by atoms with van der Waals surface area (Å²) in [6.07, 6.45) is 4.71.